The molecule has 0 bridgehead atoms. The van der Waals surface area contributed by atoms with Crippen molar-refractivity contribution >= 4 is 17.4 Å². The van der Waals surface area contributed by atoms with E-state index in [2.05, 4.69) is 22.5 Å². The molecule has 5 nitrogen and oxygen atoms in total. The maximum absolute atomic E-state index is 11.8. The molecule has 1 aliphatic carbocycles. The van der Waals surface area contributed by atoms with Crippen LogP contribution in [0.1, 0.15) is 32.3 Å². The van der Waals surface area contributed by atoms with Crippen LogP contribution in [0.15, 0.2) is 16.8 Å². The van der Waals surface area contributed by atoms with E-state index in [0.717, 1.165) is 24.7 Å². The summed E-state index contributed by atoms with van der Waals surface area (Å²) in [5.41, 5.74) is -0.195. The summed E-state index contributed by atoms with van der Waals surface area (Å²) in [4.78, 5) is 14.2. The summed E-state index contributed by atoms with van der Waals surface area (Å²) in [5.74, 6) is 0. The first-order chi connectivity index (χ1) is 10.0. The second kappa shape index (κ2) is 7.24. The number of carbonyl (C=O) groups is 1. The summed E-state index contributed by atoms with van der Waals surface area (Å²) < 4.78 is 0. The topological polar surface area (TPSA) is 64.6 Å². The summed E-state index contributed by atoms with van der Waals surface area (Å²) >= 11 is 1.54. The lowest BCUT2D eigenvalue weighted by Crippen LogP contribution is -2.45. The number of amides is 2. The molecule has 0 radical (unpaired) electrons. The summed E-state index contributed by atoms with van der Waals surface area (Å²) in [5, 5.41) is 19.7. The molecule has 2 amide bonds. The molecule has 2 rings (SSSR count). The SMILES string of the molecule is CCN(CCNC(=O)NCC(C)(O)c1ccsc1)C1CC1. The molecule has 0 saturated heterocycles. The lowest BCUT2D eigenvalue weighted by Gasteiger charge is -2.23. The number of hydrogen-bond donors (Lipinski definition) is 3. The molecule has 1 aromatic rings. The lowest BCUT2D eigenvalue weighted by molar-refractivity contribution is 0.0598. The molecule has 0 aromatic carbocycles. The fourth-order valence-corrected chi connectivity index (χ4v) is 3.12. The zero-order valence-corrected chi connectivity index (χ0v) is 13.6. The van der Waals surface area contributed by atoms with E-state index in [4.69, 9.17) is 0 Å². The number of nitrogens with zero attached hydrogens (tertiary/aromatic N) is 1. The van der Waals surface area contributed by atoms with E-state index in [1.165, 1.54) is 24.2 Å². The molecule has 0 aliphatic heterocycles. The molecule has 1 aliphatic rings. The molecule has 1 atom stereocenters. The third-order valence-electron chi connectivity index (χ3n) is 3.89. The Balaban J connectivity index is 1.65. The van der Waals surface area contributed by atoms with Crippen molar-refractivity contribution in [1.82, 2.24) is 15.5 Å². The zero-order chi connectivity index (χ0) is 15.3. The van der Waals surface area contributed by atoms with Crippen molar-refractivity contribution in [2.45, 2.75) is 38.3 Å². The van der Waals surface area contributed by atoms with Crippen molar-refractivity contribution in [1.29, 1.82) is 0 Å². The standard InChI is InChI=1S/C15H25N3O2S/c1-3-18(13-4-5-13)8-7-16-14(19)17-11-15(2,20)12-6-9-21-10-12/h6,9-10,13,20H,3-5,7-8,11H2,1-2H3,(H2,16,17,19). The van der Waals surface area contributed by atoms with Gasteiger partial charge in [-0.1, -0.05) is 6.92 Å². The zero-order valence-electron chi connectivity index (χ0n) is 12.8. The summed E-state index contributed by atoms with van der Waals surface area (Å²) in [6, 6.07) is 2.37. The van der Waals surface area contributed by atoms with Crippen molar-refractivity contribution in [2.75, 3.05) is 26.2 Å². The van der Waals surface area contributed by atoms with E-state index >= 15 is 0 Å². The fraction of sp³-hybridized carbons (Fsp3) is 0.667. The van der Waals surface area contributed by atoms with E-state index in [9.17, 15) is 9.90 Å². The maximum atomic E-state index is 11.8. The summed E-state index contributed by atoms with van der Waals surface area (Å²) in [6.07, 6.45) is 2.56. The van der Waals surface area contributed by atoms with Crippen LogP contribution in [0.5, 0.6) is 0 Å². The van der Waals surface area contributed by atoms with Crippen LogP contribution in [-0.4, -0.2) is 48.3 Å². The van der Waals surface area contributed by atoms with Crippen molar-refractivity contribution in [3.8, 4) is 0 Å². The molecule has 3 N–H and O–H groups in total. The third kappa shape index (κ3) is 4.98. The summed E-state index contributed by atoms with van der Waals surface area (Å²) in [6.45, 7) is 6.61. The van der Waals surface area contributed by atoms with Gasteiger partial charge in [-0.05, 0) is 48.7 Å². The second-order valence-corrected chi connectivity index (χ2v) is 6.54. The van der Waals surface area contributed by atoms with Gasteiger partial charge in [-0.15, -0.1) is 0 Å². The van der Waals surface area contributed by atoms with E-state index in [1.54, 1.807) is 6.92 Å². The number of nitrogens with one attached hydrogen (secondary N) is 2. The molecule has 1 aromatic heterocycles. The van der Waals surface area contributed by atoms with Crippen LogP contribution in [-0.2, 0) is 5.60 Å². The molecule has 21 heavy (non-hydrogen) atoms. The van der Waals surface area contributed by atoms with Crippen LogP contribution in [0.25, 0.3) is 0 Å². The van der Waals surface area contributed by atoms with Gasteiger partial charge in [0.25, 0.3) is 0 Å². The number of likely N-dealkylation sites (N-methyl/N-ethyl adjacent to an activating group) is 1. The van der Waals surface area contributed by atoms with Gasteiger partial charge in [-0.2, -0.15) is 11.3 Å². The van der Waals surface area contributed by atoms with Gasteiger partial charge in [-0.3, -0.25) is 4.90 Å². The first-order valence-corrected chi connectivity index (χ1v) is 8.48. The lowest BCUT2D eigenvalue weighted by atomic mass is 9.99. The average Bonchev–Trinajstić information content (AvgIpc) is 3.13. The predicted octanol–water partition coefficient (Wildman–Crippen LogP) is 1.74. The van der Waals surface area contributed by atoms with Gasteiger partial charge in [0.2, 0.25) is 0 Å². The molecule has 118 valence electrons. The summed E-state index contributed by atoms with van der Waals surface area (Å²) in [7, 11) is 0. The Labute approximate surface area is 130 Å². The van der Waals surface area contributed by atoms with Crippen molar-refractivity contribution in [3.63, 3.8) is 0 Å². The molecule has 1 fully saturated rings. The minimum Gasteiger partial charge on any atom is -0.384 e. The van der Waals surface area contributed by atoms with Gasteiger partial charge >= 0.3 is 6.03 Å². The van der Waals surface area contributed by atoms with Crippen LogP contribution in [0.4, 0.5) is 4.79 Å². The number of urea groups is 1. The molecule has 0 spiro atoms. The van der Waals surface area contributed by atoms with Crippen LogP contribution in [0.2, 0.25) is 0 Å². The van der Waals surface area contributed by atoms with Crippen LogP contribution in [0, 0.1) is 0 Å². The number of hydrogen-bond acceptors (Lipinski definition) is 4. The number of aliphatic hydroxyl groups is 1. The van der Waals surface area contributed by atoms with E-state index in [-0.39, 0.29) is 12.6 Å². The minimum absolute atomic E-state index is 0.204. The van der Waals surface area contributed by atoms with Crippen LogP contribution >= 0.6 is 11.3 Å². The normalized spacial score (nSPS) is 17.5. The van der Waals surface area contributed by atoms with Gasteiger partial charge in [0.05, 0.1) is 6.54 Å². The average molecular weight is 311 g/mol. The monoisotopic (exact) mass is 311 g/mol. The number of carbonyl (C=O) groups excluding carboxylic acids is 1. The minimum atomic E-state index is -1.03. The van der Waals surface area contributed by atoms with Gasteiger partial charge in [-0.25, -0.2) is 4.79 Å². The number of thiophene rings is 1. The molecular weight excluding hydrogens is 286 g/mol. The first kappa shape index (κ1) is 16.3. The highest BCUT2D eigenvalue weighted by Gasteiger charge is 2.27. The largest absolute Gasteiger partial charge is 0.384 e. The smallest absolute Gasteiger partial charge is 0.314 e. The molecular formula is C15H25N3O2S. The Bertz CT molecular complexity index is 444. The molecule has 1 saturated carbocycles. The highest BCUT2D eigenvalue weighted by atomic mass is 32.1. The van der Waals surface area contributed by atoms with Crippen molar-refractivity contribution in [3.05, 3.63) is 22.4 Å². The second-order valence-electron chi connectivity index (χ2n) is 5.76. The highest BCUT2D eigenvalue weighted by Crippen LogP contribution is 2.25. The Morgan fingerprint density at radius 3 is 2.86 bits per heavy atom. The van der Waals surface area contributed by atoms with Gasteiger partial charge in [0.15, 0.2) is 0 Å². The molecule has 1 heterocycles. The molecule has 1 unspecified atom stereocenters. The first-order valence-electron chi connectivity index (χ1n) is 7.53. The van der Waals surface area contributed by atoms with Gasteiger partial charge in [0, 0.05) is 19.1 Å². The predicted molar refractivity (Wildman–Crippen MR) is 85.6 cm³/mol. The van der Waals surface area contributed by atoms with E-state index in [1.807, 2.05) is 16.8 Å². The Hall–Kier alpha value is -1.11. The Kier molecular flexibility index (Phi) is 5.61. The molecule has 6 heteroatoms. The number of rotatable bonds is 8. The third-order valence-corrected chi connectivity index (χ3v) is 4.57. The Morgan fingerprint density at radius 2 is 2.29 bits per heavy atom. The Morgan fingerprint density at radius 1 is 1.52 bits per heavy atom. The quantitative estimate of drug-likeness (QED) is 0.685. The van der Waals surface area contributed by atoms with Crippen LogP contribution in [0.3, 0.4) is 0 Å². The highest BCUT2D eigenvalue weighted by molar-refractivity contribution is 7.08. The van der Waals surface area contributed by atoms with Crippen molar-refractivity contribution in [2.24, 2.45) is 0 Å². The van der Waals surface area contributed by atoms with Crippen LogP contribution < -0.4 is 10.6 Å². The maximum Gasteiger partial charge on any atom is 0.314 e. The van der Waals surface area contributed by atoms with E-state index in [0.29, 0.717) is 6.54 Å². The van der Waals surface area contributed by atoms with Gasteiger partial charge < -0.3 is 15.7 Å². The van der Waals surface area contributed by atoms with Crippen molar-refractivity contribution < 1.29 is 9.90 Å². The fourth-order valence-electron chi connectivity index (χ4n) is 2.34. The van der Waals surface area contributed by atoms with Gasteiger partial charge in [0.1, 0.15) is 5.60 Å². The van der Waals surface area contributed by atoms with E-state index < -0.39 is 5.60 Å².